The number of carboxylic acids is 2. The third-order valence-corrected chi connectivity index (χ3v) is 10.1. The number of benzene rings is 1. The van der Waals surface area contributed by atoms with Crippen LogP contribution < -0.4 is 59.7 Å². The third kappa shape index (κ3) is 19.2. The van der Waals surface area contributed by atoms with Crippen molar-refractivity contribution in [3.05, 3.63) is 36.0 Å². The number of aromatic amines is 1. The summed E-state index contributed by atoms with van der Waals surface area (Å²) in [7, 11) is 0. The summed E-state index contributed by atoms with van der Waals surface area (Å²) in [6.07, 6.45) is 1.79. The third-order valence-electron chi connectivity index (χ3n) is 10.1. The van der Waals surface area contributed by atoms with Crippen LogP contribution >= 0.6 is 0 Å². The zero-order valence-electron chi connectivity index (χ0n) is 38.6. The van der Waals surface area contributed by atoms with Crippen molar-refractivity contribution in [1.82, 2.24) is 47.5 Å². The lowest BCUT2D eigenvalue weighted by Gasteiger charge is -2.26. The molecule has 1 heterocycles. The second-order valence-corrected chi connectivity index (χ2v) is 16.6. The highest BCUT2D eigenvalue weighted by atomic mass is 16.4. The number of nitrogens with two attached hydrogens (primary N) is 3. The van der Waals surface area contributed by atoms with Gasteiger partial charge in [0.25, 0.3) is 0 Å². The molecule has 0 radical (unpaired) electrons. The Balaban J connectivity index is 2.10. The number of amides is 8. The van der Waals surface area contributed by atoms with E-state index in [1.165, 1.54) is 6.92 Å². The summed E-state index contributed by atoms with van der Waals surface area (Å²) in [4.78, 5) is 135. The molecule has 7 atom stereocenters. The molecule has 0 saturated carbocycles. The number of para-hydroxylation sites is 1. The second kappa shape index (κ2) is 28.0. The fourth-order valence-electron chi connectivity index (χ4n) is 6.44. The maximum absolute atomic E-state index is 13.9. The van der Waals surface area contributed by atoms with Crippen LogP contribution in [0.2, 0.25) is 0 Å². The Labute approximate surface area is 391 Å². The minimum Gasteiger partial charge on any atom is -0.481 e. The molecule has 26 nitrogen and oxygen atoms in total. The van der Waals surface area contributed by atoms with E-state index in [0.717, 1.165) is 10.9 Å². The molecule has 8 amide bonds. The number of aliphatic hydroxyl groups excluding tert-OH is 1. The van der Waals surface area contributed by atoms with Crippen LogP contribution in [0.1, 0.15) is 59.4 Å². The number of rotatable bonds is 29. The number of hydrogen-bond acceptors (Lipinski definition) is 13. The highest BCUT2D eigenvalue weighted by Crippen LogP contribution is 2.19. The number of carbonyl (C=O) groups is 10. The Morgan fingerprint density at radius 2 is 1.26 bits per heavy atom. The number of aromatic nitrogens is 1. The molecule has 0 aliphatic rings. The molecule has 0 unspecified atom stereocenters. The van der Waals surface area contributed by atoms with Crippen molar-refractivity contribution in [3.63, 3.8) is 0 Å². The number of fused-ring (bicyclic) bond motifs is 1. The monoisotopic (exact) mass is 959 g/mol. The first kappa shape index (κ1) is 56.8. The molecule has 26 heteroatoms. The minimum atomic E-state index is -1.97. The summed E-state index contributed by atoms with van der Waals surface area (Å²) < 4.78 is 0. The van der Waals surface area contributed by atoms with E-state index in [-0.39, 0.29) is 44.1 Å². The SMILES string of the molecule is CC(C)C[C@H](NC(=O)[C@H](Cc1c[nH]c2ccccc12)NC(=O)CNC(=O)[C@H](C)N)C(=O)NC[C@@H](C(=O)O)C(=O)NCC(=O)N[C@@H](CO)C(=O)N[C@H](C(=O)N[C@@H](CCCN=C(N)N)C(=O)O)C(C)C. The van der Waals surface area contributed by atoms with Crippen LogP contribution in [0, 0.1) is 17.8 Å². The molecule has 0 aliphatic carbocycles. The van der Waals surface area contributed by atoms with Crippen molar-refractivity contribution in [2.45, 2.75) is 96.6 Å². The van der Waals surface area contributed by atoms with Crippen molar-refractivity contribution in [2.24, 2.45) is 39.9 Å². The minimum absolute atomic E-state index is 0.0345. The summed E-state index contributed by atoms with van der Waals surface area (Å²) in [6.45, 7) is 4.91. The van der Waals surface area contributed by atoms with Gasteiger partial charge in [-0.1, -0.05) is 45.9 Å². The Kier molecular flexibility index (Phi) is 23.4. The predicted octanol–water partition coefficient (Wildman–Crippen LogP) is -4.64. The van der Waals surface area contributed by atoms with E-state index in [4.69, 9.17) is 17.2 Å². The number of hydrogen-bond donors (Lipinski definition) is 15. The highest BCUT2D eigenvalue weighted by Gasteiger charge is 2.34. The maximum atomic E-state index is 13.9. The van der Waals surface area contributed by atoms with Crippen LogP contribution in [-0.4, -0.2) is 154 Å². The van der Waals surface area contributed by atoms with Gasteiger partial charge in [-0.2, -0.15) is 0 Å². The quantitative estimate of drug-likeness (QED) is 0.0158. The number of aliphatic imine (C=N–C) groups is 1. The van der Waals surface area contributed by atoms with Gasteiger partial charge >= 0.3 is 11.9 Å². The van der Waals surface area contributed by atoms with Gasteiger partial charge in [0.1, 0.15) is 30.2 Å². The van der Waals surface area contributed by atoms with Crippen LogP contribution in [0.25, 0.3) is 10.9 Å². The number of guanidine groups is 1. The second-order valence-electron chi connectivity index (χ2n) is 16.6. The smallest absolute Gasteiger partial charge is 0.326 e. The Morgan fingerprint density at radius 3 is 1.82 bits per heavy atom. The van der Waals surface area contributed by atoms with E-state index in [2.05, 4.69) is 52.5 Å². The van der Waals surface area contributed by atoms with Crippen molar-refractivity contribution < 1.29 is 63.3 Å². The van der Waals surface area contributed by atoms with Gasteiger partial charge in [0, 0.05) is 36.6 Å². The summed E-state index contributed by atoms with van der Waals surface area (Å²) in [5.41, 5.74) is 17.5. The van der Waals surface area contributed by atoms with Gasteiger partial charge in [-0.25, -0.2) is 4.79 Å². The molecule has 68 heavy (non-hydrogen) atoms. The average Bonchev–Trinajstić information content (AvgIpc) is 3.67. The van der Waals surface area contributed by atoms with Gasteiger partial charge in [-0.15, -0.1) is 0 Å². The molecule has 0 fully saturated rings. The van der Waals surface area contributed by atoms with Gasteiger partial charge in [-0.3, -0.25) is 48.1 Å². The molecular formula is C42H65N13O13. The van der Waals surface area contributed by atoms with E-state index >= 15 is 0 Å². The summed E-state index contributed by atoms with van der Waals surface area (Å²) in [5, 5.41) is 49.0. The number of nitrogens with one attached hydrogen (secondary N) is 9. The number of carboxylic acid groups (broad SMARTS) is 2. The lowest BCUT2D eigenvalue weighted by molar-refractivity contribution is -0.147. The van der Waals surface area contributed by atoms with Crippen LogP contribution in [0.4, 0.5) is 0 Å². The molecule has 376 valence electrons. The molecule has 2 rings (SSSR count). The van der Waals surface area contributed by atoms with Crippen LogP contribution in [-0.2, 0) is 54.4 Å². The first-order valence-electron chi connectivity index (χ1n) is 21.7. The van der Waals surface area contributed by atoms with Gasteiger partial charge in [0.2, 0.25) is 47.3 Å². The van der Waals surface area contributed by atoms with Crippen molar-refractivity contribution in [3.8, 4) is 0 Å². The van der Waals surface area contributed by atoms with E-state index in [1.54, 1.807) is 52.1 Å². The normalized spacial score (nSPS) is 14.1. The highest BCUT2D eigenvalue weighted by molar-refractivity contribution is 6.00. The topological polar surface area (TPSA) is 434 Å². The lowest BCUT2D eigenvalue weighted by atomic mass is 10.0. The molecule has 0 bridgehead atoms. The number of aliphatic carboxylic acids is 2. The van der Waals surface area contributed by atoms with Crippen molar-refractivity contribution >= 4 is 76.1 Å². The van der Waals surface area contributed by atoms with Gasteiger partial charge in [0.05, 0.1) is 25.7 Å². The standard InChI is InChI=1S/C42H65N13O13/c1-20(2)13-28(54-37(62)29(51-31(57)17-49-34(59)22(5)43)14-23-15-47-26-10-7-6-9-24(23)26)36(61)48-16-25(40(65)66)35(60)50-18-32(58)52-30(19-56)38(63)55-33(21(3)4)39(64)53-27(41(67)68)11-8-12-46-42(44)45/h6-7,9-10,15,20-22,25,27-30,33,47,56H,8,11-14,16-19,43H2,1-5H3,(H,48,61)(H,49,59)(H,50,60)(H,51,57)(H,52,58)(H,53,64)(H,54,62)(H,55,63)(H,65,66)(H,67,68)(H4,44,45,46)/t22-,25+,27-,28-,29-,30-,33-/m0/s1. The molecule has 18 N–H and O–H groups in total. The summed E-state index contributed by atoms with van der Waals surface area (Å²) in [5.74, 6) is -13.3. The molecule has 0 aliphatic heterocycles. The first-order valence-corrected chi connectivity index (χ1v) is 21.7. The number of aliphatic hydroxyl groups is 1. The number of nitrogens with zero attached hydrogens (tertiary/aromatic N) is 1. The Hall–Kier alpha value is -7.35. The first-order chi connectivity index (χ1) is 31.9. The lowest BCUT2D eigenvalue weighted by Crippen LogP contribution is -2.58. The van der Waals surface area contributed by atoms with E-state index in [9.17, 15) is 63.3 Å². The molecular weight excluding hydrogens is 895 g/mol. The van der Waals surface area contributed by atoms with E-state index in [0.29, 0.717) is 5.56 Å². The molecule has 1 aromatic carbocycles. The summed E-state index contributed by atoms with van der Waals surface area (Å²) in [6, 6.07) is -0.644. The molecule has 0 spiro atoms. The molecule has 1 aromatic heterocycles. The van der Waals surface area contributed by atoms with Gasteiger partial charge < -0.3 is 80.0 Å². The van der Waals surface area contributed by atoms with E-state index in [1.807, 2.05) is 6.07 Å². The largest absolute Gasteiger partial charge is 0.481 e. The van der Waals surface area contributed by atoms with Gasteiger partial charge in [0.15, 0.2) is 11.9 Å². The zero-order chi connectivity index (χ0) is 51.2. The zero-order valence-corrected chi connectivity index (χ0v) is 38.6. The van der Waals surface area contributed by atoms with Crippen LogP contribution in [0.5, 0.6) is 0 Å². The fourth-order valence-corrected chi connectivity index (χ4v) is 6.44. The van der Waals surface area contributed by atoms with E-state index < -0.39 is 134 Å². The summed E-state index contributed by atoms with van der Waals surface area (Å²) >= 11 is 0. The van der Waals surface area contributed by atoms with Gasteiger partial charge in [-0.05, 0) is 49.7 Å². The fraction of sp³-hybridized carbons (Fsp3) is 0.548. The Morgan fingerprint density at radius 1 is 0.676 bits per heavy atom. The maximum Gasteiger partial charge on any atom is 0.326 e. The number of H-pyrrole nitrogens is 1. The van der Waals surface area contributed by atoms with Crippen molar-refractivity contribution in [2.75, 3.05) is 32.8 Å². The van der Waals surface area contributed by atoms with Crippen molar-refractivity contribution in [1.29, 1.82) is 0 Å². The molecule has 0 saturated heterocycles. The number of carbonyl (C=O) groups excluding carboxylic acids is 8. The molecule has 2 aromatic rings. The van der Waals surface area contributed by atoms with Crippen LogP contribution in [0.3, 0.4) is 0 Å². The average molecular weight is 960 g/mol. The predicted molar refractivity (Wildman–Crippen MR) is 244 cm³/mol. The van der Waals surface area contributed by atoms with Crippen LogP contribution in [0.15, 0.2) is 35.5 Å². The Bertz CT molecular complexity index is 2140.